The molecule has 1 unspecified atom stereocenters. The number of primary amides is 1. The van der Waals surface area contributed by atoms with Gasteiger partial charge in [-0.25, -0.2) is 0 Å². The van der Waals surface area contributed by atoms with E-state index in [1.165, 1.54) is 0 Å². The van der Waals surface area contributed by atoms with E-state index in [1.54, 1.807) is 0 Å². The fraction of sp³-hybridized carbons (Fsp3) is 0.692. The van der Waals surface area contributed by atoms with Gasteiger partial charge in [0.1, 0.15) is 11.8 Å². The average Bonchev–Trinajstić information content (AvgIpc) is 2.87. The van der Waals surface area contributed by atoms with Crippen molar-refractivity contribution in [3.8, 4) is 0 Å². The van der Waals surface area contributed by atoms with Gasteiger partial charge < -0.3 is 15.0 Å². The molecule has 0 saturated carbocycles. The third-order valence-electron chi connectivity index (χ3n) is 3.41. The Morgan fingerprint density at radius 2 is 2.47 bits per heavy atom. The van der Waals surface area contributed by atoms with Gasteiger partial charge in [-0.3, -0.25) is 9.69 Å². The second-order valence-corrected chi connectivity index (χ2v) is 4.77. The van der Waals surface area contributed by atoms with Crippen molar-refractivity contribution in [2.75, 3.05) is 26.3 Å². The van der Waals surface area contributed by atoms with Crippen LogP contribution in [-0.2, 0) is 22.4 Å². The van der Waals surface area contributed by atoms with Crippen molar-refractivity contribution in [3.63, 3.8) is 0 Å². The standard InChI is InChI=1S/C13H21N3O3/c1-2-10-8-11(19-15-10)4-3-5-16-6-7-18-9-12(16)13(14)17/h8,12H,2-7,9H2,1H3,(H2,14,17). The summed E-state index contributed by atoms with van der Waals surface area (Å²) in [5.74, 6) is 0.591. The molecule has 0 aliphatic carbocycles. The van der Waals surface area contributed by atoms with Gasteiger partial charge in [0.05, 0.1) is 18.9 Å². The second kappa shape index (κ2) is 6.68. The van der Waals surface area contributed by atoms with Gasteiger partial charge in [0.25, 0.3) is 0 Å². The number of hydrogen-bond donors (Lipinski definition) is 1. The van der Waals surface area contributed by atoms with Gasteiger partial charge in [-0.1, -0.05) is 12.1 Å². The average molecular weight is 267 g/mol. The zero-order valence-corrected chi connectivity index (χ0v) is 11.3. The van der Waals surface area contributed by atoms with E-state index in [0.717, 1.165) is 43.8 Å². The fourth-order valence-corrected chi connectivity index (χ4v) is 2.26. The number of morpholine rings is 1. The fourth-order valence-electron chi connectivity index (χ4n) is 2.26. The highest BCUT2D eigenvalue weighted by molar-refractivity contribution is 5.80. The van der Waals surface area contributed by atoms with Gasteiger partial charge >= 0.3 is 0 Å². The van der Waals surface area contributed by atoms with Gasteiger partial charge in [0.2, 0.25) is 5.91 Å². The minimum atomic E-state index is -0.312. The summed E-state index contributed by atoms with van der Waals surface area (Å²) in [6.45, 7) is 4.68. The van der Waals surface area contributed by atoms with Crippen molar-refractivity contribution < 1.29 is 14.1 Å². The first kappa shape index (κ1) is 14.0. The van der Waals surface area contributed by atoms with E-state index < -0.39 is 0 Å². The van der Waals surface area contributed by atoms with Crippen LogP contribution in [0, 0.1) is 0 Å². The molecule has 1 saturated heterocycles. The van der Waals surface area contributed by atoms with Crippen LogP contribution in [0.2, 0.25) is 0 Å². The first-order chi connectivity index (χ1) is 9.20. The van der Waals surface area contributed by atoms with E-state index >= 15 is 0 Å². The van der Waals surface area contributed by atoms with Crippen LogP contribution in [0.15, 0.2) is 10.6 Å². The highest BCUT2D eigenvalue weighted by atomic mass is 16.5. The maximum absolute atomic E-state index is 11.3. The van der Waals surface area contributed by atoms with Crippen LogP contribution in [0.3, 0.4) is 0 Å². The molecule has 1 aliphatic heterocycles. The quantitative estimate of drug-likeness (QED) is 0.804. The van der Waals surface area contributed by atoms with Gasteiger partial charge in [-0.2, -0.15) is 0 Å². The Morgan fingerprint density at radius 1 is 1.63 bits per heavy atom. The molecule has 1 aliphatic rings. The molecule has 1 atom stereocenters. The summed E-state index contributed by atoms with van der Waals surface area (Å²) in [5.41, 5.74) is 6.36. The molecular formula is C13H21N3O3. The minimum Gasteiger partial charge on any atom is -0.378 e. The van der Waals surface area contributed by atoms with Crippen LogP contribution < -0.4 is 5.73 Å². The van der Waals surface area contributed by atoms with E-state index in [2.05, 4.69) is 10.1 Å². The van der Waals surface area contributed by atoms with Crippen molar-refractivity contribution in [1.29, 1.82) is 0 Å². The lowest BCUT2D eigenvalue weighted by Crippen LogP contribution is -2.52. The monoisotopic (exact) mass is 267 g/mol. The number of nitrogens with zero attached hydrogens (tertiary/aromatic N) is 2. The van der Waals surface area contributed by atoms with Gasteiger partial charge in [-0.15, -0.1) is 0 Å². The largest absolute Gasteiger partial charge is 0.378 e. The number of amides is 1. The molecule has 19 heavy (non-hydrogen) atoms. The van der Waals surface area contributed by atoms with Crippen molar-refractivity contribution >= 4 is 5.91 Å². The van der Waals surface area contributed by atoms with Gasteiger partial charge in [-0.05, 0) is 19.4 Å². The van der Waals surface area contributed by atoms with Crippen molar-refractivity contribution in [1.82, 2.24) is 10.1 Å². The van der Waals surface area contributed by atoms with Crippen LogP contribution in [0.5, 0.6) is 0 Å². The molecule has 6 nitrogen and oxygen atoms in total. The maximum atomic E-state index is 11.3. The summed E-state index contributed by atoms with van der Waals surface area (Å²) in [7, 11) is 0. The molecule has 0 bridgehead atoms. The highest BCUT2D eigenvalue weighted by Crippen LogP contribution is 2.11. The number of carbonyl (C=O) groups is 1. The topological polar surface area (TPSA) is 81.6 Å². The molecular weight excluding hydrogens is 246 g/mol. The Labute approximate surface area is 112 Å². The van der Waals surface area contributed by atoms with Crippen molar-refractivity contribution in [2.45, 2.75) is 32.2 Å². The number of ether oxygens (including phenoxy) is 1. The number of nitrogens with two attached hydrogens (primary N) is 1. The Bertz CT molecular complexity index is 419. The maximum Gasteiger partial charge on any atom is 0.237 e. The lowest BCUT2D eigenvalue weighted by Gasteiger charge is -2.33. The van der Waals surface area contributed by atoms with Crippen molar-refractivity contribution in [2.24, 2.45) is 5.73 Å². The Kier molecular flexibility index (Phi) is 4.93. The molecule has 2 heterocycles. The summed E-state index contributed by atoms with van der Waals surface area (Å²) >= 11 is 0. The van der Waals surface area contributed by atoms with E-state index in [1.807, 2.05) is 13.0 Å². The van der Waals surface area contributed by atoms with Crippen LogP contribution >= 0.6 is 0 Å². The third kappa shape index (κ3) is 3.78. The Morgan fingerprint density at radius 3 is 3.16 bits per heavy atom. The van der Waals surface area contributed by atoms with E-state index in [0.29, 0.717) is 13.2 Å². The molecule has 1 aromatic rings. The predicted octanol–water partition coefficient (Wildman–Crippen LogP) is 0.356. The lowest BCUT2D eigenvalue weighted by molar-refractivity contribution is -0.129. The summed E-state index contributed by atoms with van der Waals surface area (Å²) in [5, 5.41) is 3.96. The molecule has 6 heteroatoms. The molecule has 2 rings (SSSR count). The van der Waals surface area contributed by atoms with E-state index in [4.69, 9.17) is 15.0 Å². The van der Waals surface area contributed by atoms with Gasteiger partial charge in [0, 0.05) is 19.0 Å². The zero-order chi connectivity index (χ0) is 13.7. The minimum absolute atomic E-state index is 0.297. The molecule has 1 fully saturated rings. The Balaban J connectivity index is 1.79. The van der Waals surface area contributed by atoms with Gasteiger partial charge in [0.15, 0.2) is 0 Å². The molecule has 0 radical (unpaired) electrons. The third-order valence-corrected chi connectivity index (χ3v) is 3.41. The SMILES string of the molecule is CCc1cc(CCCN2CCOCC2C(N)=O)on1. The summed E-state index contributed by atoms with van der Waals surface area (Å²) in [6, 6.07) is 1.69. The first-order valence-corrected chi connectivity index (χ1v) is 6.76. The first-order valence-electron chi connectivity index (χ1n) is 6.76. The second-order valence-electron chi connectivity index (χ2n) is 4.77. The molecule has 1 amide bonds. The van der Waals surface area contributed by atoms with E-state index in [-0.39, 0.29) is 11.9 Å². The molecule has 2 N–H and O–H groups in total. The molecule has 1 aromatic heterocycles. The van der Waals surface area contributed by atoms with Crippen LogP contribution in [0.4, 0.5) is 0 Å². The van der Waals surface area contributed by atoms with Crippen molar-refractivity contribution in [3.05, 3.63) is 17.5 Å². The molecule has 0 spiro atoms. The summed E-state index contributed by atoms with van der Waals surface area (Å²) in [4.78, 5) is 13.4. The number of carbonyl (C=O) groups excluding carboxylic acids is 1. The molecule has 0 aromatic carbocycles. The summed E-state index contributed by atoms with van der Waals surface area (Å²) < 4.78 is 10.5. The number of aryl methyl sites for hydroxylation is 2. The Hall–Kier alpha value is -1.40. The smallest absolute Gasteiger partial charge is 0.237 e. The number of rotatable bonds is 6. The number of hydrogen-bond acceptors (Lipinski definition) is 5. The summed E-state index contributed by atoms with van der Waals surface area (Å²) in [6.07, 6.45) is 2.63. The number of aromatic nitrogens is 1. The molecule has 106 valence electrons. The van der Waals surface area contributed by atoms with Crippen LogP contribution in [0.1, 0.15) is 24.8 Å². The van der Waals surface area contributed by atoms with Crippen LogP contribution in [0.25, 0.3) is 0 Å². The predicted molar refractivity (Wildman–Crippen MR) is 69.6 cm³/mol. The highest BCUT2D eigenvalue weighted by Gasteiger charge is 2.26. The normalized spacial score (nSPS) is 20.6. The lowest BCUT2D eigenvalue weighted by atomic mass is 10.1. The van der Waals surface area contributed by atoms with E-state index in [9.17, 15) is 4.79 Å². The van der Waals surface area contributed by atoms with Crippen LogP contribution in [-0.4, -0.2) is 48.3 Å². The zero-order valence-electron chi connectivity index (χ0n) is 11.3.